The molecular weight excluding hydrogens is 386 g/mol. The van der Waals surface area contributed by atoms with E-state index in [-0.39, 0.29) is 18.2 Å². The highest BCUT2D eigenvalue weighted by atomic mass is 32.2. The van der Waals surface area contributed by atoms with Gasteiger partial charge in [0.05, 0.1) is 13.5 Å². The summed E-state index contributed by atoms with van der Waals surface area (Å²) in [7, 11) is 1.61. The first-order valence-corrected chi connectivity index (χ1v) is 11.0. The molecule has 6 heteroatoms. The maximum atomic E-state index is 12.7. The molecule has 1 amide bonds. The maximum Gasteiger partial charge on any atom is 0.307 e. The van der Waals surface area contributed by atoms with E-state index in [1.165, 1.54) is 0 Å². The molecule has 3 rings (SSSR count). The molecule has 0 saturated heterocycles. The summed E-state index contributed by atoms with van der Waals surface area (Å²) in [4.78, 5) is 26.9. The lowest BCUT2D eigenvalue weighted by Gasteiger charge is -2.24. The molecule has 0 bridgehead atoms. The van der Waals surface area contributed by atoms with Gasteiger partial charge in [0.2, 0.25) is 5.91 Å². The van der Waals surface area contributed by atoms with Crippen LogP contribution in [-0.4, -0.2) is 41.8 Å². The van der Waals surface area contributed by atoms with Gasteiger partial charge in [0.1, 0.15) is 5.75 Å². The smallest absolute Gasteiger partial charge is 0.307 e. The van der Waals surface area contributed by atoms with Gasteiger partial charge in [0, 0.05) is 29.5 Å². The molecule has 29 heavy (non-hydrogen) atoms. The third-order valence-corrected chi connectivity index (χ3v) is 5.93. The first-order valence-electron chi connectivity index (χ1n) is 9.81. The Kier molecular flexibility index (Phi) is 6.85. The molecular formula is C23H27NO4S. The van der Waals surface area contributed by atoms with Crippen LogP contribution in [0.5, 0.6) is 5.75 Å². The summed E-state index contributed by atoms with van der Waals surface area (Å²) in [6.45, 7) is 3.20. The third kappa shape index (κ3) is 5.12. The number of carbonyl (C=O) groups excluding carboxylic acids is 1. The van der Waals surface area contributed by atoms with Crippen LogP contribution in [-0.2, 0) is 22.6 Å². The Balaban J connectivity index is 2.04. The van der Waals surface area contributed by atoms with Gasteiger partial charge in [-0.05, 0) is 67.0 Å². The van der Waals surface area contributed by atoms with Crippen LogP contribution in [0.2, 0.25) is 0 Å². The van der Waals surface area contributed by atoms with Crippen molar-refractivity contribution in [1.29, 1.82) is 0 Å². The number of carboxylic acids is 1. The molecule has 0 unspecified atom stereocenters. The van der Waals surface area contributed by atoms with Crippen LogP contribution in [0.15, 0.2) is 41.3 Å². The number of hydrogen-bond donors (Lipinski definition) is 1. The highest BCUT2D eigenvalue weighted by Gasteiger charge is 2.33. The second-order valence-corrected chi connectivity index (χ2v) is 8.13. The van der Waals surface area contributed by atoms with Crippen molar-refractivity contribution < 1.29 is 19.4 Å². The molecule has 1 saturated carbocycles. The van der Waals surface area contributed by atoms with Crippen LogP contribution >= 0.6 is 11.8 Å². The van der Waals surface area contributed by atoms with Crippen LogP contribution in [0.3, 0.4) is 0 Å². The van der Waals surface area contributed by atoms with E-state index in [1.54, 1.807) is 24.9 Å². The number of ether oxygens (including phenoxy) is 1. The van der Waals surface area contributed by atoms with Gasteiger partial charge in [-0.2, -0.15) is 0 Å². The Labute approximate surface area is 176 Å². The topological polar surface area (TPSA) is 66.8 Å². The summed E-state index contributed by atoms with van der Waals surface area (Å²) >= 11 is 1.66. The Morgan fingerprint density at radius 3 is 2.52 bits per heavy atom. The molecule has 2 aromatic rings. The minimum Gasteiger partial charge on any atom is -0.496 e. The molecule has 0 spiro atoms. The summed E-state index contributed by atoms with van der Waals surface area (Å²) in [6, 6.07) is 11.7. The predicted molar refractivity (Wildman–Crippen MR) is 115 cm³/mol. The van der Waals surface area contributed by atoms with Gasteiger partial charge < -0.3 is 14.7 Å². The monoisotopic (exact) mass is 413 g/mol. The van der Waals surface area contributed by atoms with Crippen molar-refractivity contribution in [2.24, 2.45) is 5.92 Å². The number of carbonyl (C=O) groups is 2. The Bertz CT molecular complexity index is 908. The van der Waals surface area contributed by atoms with Crippen molar-refractivity contribution in [3.05, 3.63) is 47.5 Å². The van der Waals surface area contributed by atoms with Crippen molar-refractivity contribution in [1.82, 2.24) is 4.90 Å². The van der Waals surface area contributed by atoms with E-state index in [1.807, 2.05) is 42.3 Å². The molecule has 5 nitrogen and oxygen atoms in total. The van der Waals surface area contributed by atoms with E-state index in [9.17, 15) is 9.59 Å². The molecule has 1 aliphatic carbocycles. The number of amides is 1. The number of carboxylic acid groups (broad SMARTS) is 1. The summed E-state index contributed by atoms with van der Waals surface area (Å²) < 4.78 is 5.57. The largest absolute Gasteiger partial charge is 0.496 e. The molecule has 0 aliphatic heterocycles. The molecule has 1 fully saturated rings. The Morgan fingerprint density at radius 2 is 1.93 bits per heavy atom. The predicted octanol–water partition coefficient (Wildman–Crippen LogP) is 4.47. The summed E-state index contributed by atoms with van der Waals surface area (Å²) in [5.74, 6) is 0.218. The number of thioether (sulfide) groups is 1. The SMILES string of the molecule is CCN(Cc1cc(SC)ccc1-c1cc(CC(=O)O)ccc1OC)C(=O)C1CC1. The van der Waals surface area contributed by atoms with Crippen molar-refractivity contribution in [3.63, 3.8) is 0 Å². The number of rotatable bonds is 9. The summed E-state index contributed by atoms with van der Waals surface area (Å²) in [6.07, 6.45) is 3.95. The molecule has 0 radical (unpaired) electrons. The zero-order valence-electron chi connectivity index (χ0n) is 17.1. The van der Waals surface area contributed by atoms with Gasteiger partial charge >= 0.3 is 5.97 Å². The summed E-state index contributed by atoms with van der Waals surface area (Å²) in [5.41, 5.74) is 3.57. The number of hydrogen-bond acceptors (Lipinski definition) is 4. The zero-order valence-corrected chi connectivity index (χ0v) is 17.9. The number of benzene rings is 2. The third-order valence-electron chi connectivity index (χ3n) is 5.20. The molecule has 0 aromatic heterocycles. The van der Waals surface area contributed by atoms with Crippen LogP contribution in [0.25, 0.3) is 11.1 Å². The van der Waals surface area contributed by atoms with Crippen molar-refractivity contribution in [3.8, 4) is 16.9 Å². The van der Waals surface area contributed by atoms with E-state index in [2.05, 4.69) is 6.07 Å². The Hall–Kier alpha value is -2.47. The fraction of sp³-hybridized carbons (Fsp3) is 0.391. The molecule has 1 N–H and O–H groups in total. The van der Waals surface area contributed by atoms with Gasteiger partial charge in [-0.15, -0.1) is 11.8 Å². The minimum atomic E-state index is -0.869. The normalized spacial score (nSPS) is 13.2. The molecule has 0 atom stereocenters. The second-order valence-electron chi connectivity index (χ2n) is 7.25. The van der Waals surface area contributed by atoms with Gasteiger partial charge in [0.25, 0.3) is 0 Å². The summed E-state index contributed by atoms with van der Waals surface area (Å²) in [5, 5.41) is 9.17. The lowest BCUT2D eigenvalue weighted by molar-refractivity contribution is -0.136. The quantitative estimate of drug-likeness (QED) is 0.615. The minimum absolute atomic E-state index is 0.0452. The van der Waals surface area contributed by atoms with E-state index in [0.717, 1.165) is 40.0 Å². The van der Waals surface area contributed by atoms with Crippen LogP contribution in [0.4, 0.5) is 0 Å². The number of methoxy groups -OCH3 is 1. The first-order chi connectivity index (χ1) is 14.0. The lowest BCUT2D eigenvalue weighted by atomic mass is 9.96. The molecule has 2 aromatic carbocycles. The average molecular weight is 414 g/mol. The fourth-order valence-electron chi connectivity index (χ4n) is 3.48. The first kappa shape index (κ1) is 21.2. The molecule has 0 heterocycles. The maximum absolute atomic E-state index is 12.7. The highest BCUT2D eigenvalue weighted by molar-refractivity contribution is 7.98. The van der Waals surface area contributed by atoms with Gasteiger partial charge in [-0.1, -0.05) is 12.1 Å². The second kappa shape index (κ2) is 9.35. The number of aliphatic carboxylic acids is 1. The van der Waals surface area contributed by atoms with Crippen LogP contribution in [0.1, 0.15) is 30.9 Å². The standard InChI is InChI=1S/C23H27NO4S/c1-4-24(23(27)16-6-7-16)14-17-13-18(29-3)8-9-19(17)20-11-15(12-22(25)26)5-10-21(20)28-2/h5,8-11,13,16H,4,6-7,12,14H2,1-3H3,(H,25,26). The van der Waals surface area contributed by atoms with Gasteiger partial charge in [-0.3, -0.25) is 9.59 Å². The Morgan fingerprint density at radius 1 is 1.17 bits per heavy atom. The van der Waals surface area contributed by atoms with Gasteiger partial charge in [0.15, 0.2) is 0 Å². The van der Waals surface area contributed by atoms with Crippen LogP contribution < -0.4 is 4.74 Å². The van der Waals surface area contributed by atoms with Crippen LogP contribution in [0, 0.1) is 5.92 Å². The molecule has 1 aliphatic rings. The van der Waals surface area contributed by atoms with Crippen molar-refractivity contribution >= 4 is 23.6 Å². The van der Waals surface area contributed by atoms with Gasteiger partial charge in [-0.25, -0.2) is 0 Å². The fourth-order valence-corrected chi connectivity index (χ4v) is 3.94. The van der Waals surface area contributed by atoms with E-state index >= 15 is 0 Å². The van der Waals surface area contributed by atoms with E-state index in [4.69, 9.17) is 9.84 Å². The zero-order chi connectivity index (χ0) is 21.0. The van der Waals surface area contributed by atoms with E-state index < -0.39 is 5.97 Å². The number of nitrogens with zero attached hydrogens (tertiary/aromatic N) is 1. The molecule has 154 valence electrons. The lowest BCUT2D eigenvalue weighted by Crippen LogP contribution is -2.31. The average Bonchev–Trinajstić information content (AvgIpc) is 3.56. The van der Waals surface area contributed by atoms with Crippen molar-refractivity contribution in [2.75, 3.05) is 19.9 Å². The van der Waals surface area contributed by atoms with E-state index in [0.29, 0.717) is 18.8 Å². The van der Waals surface area contributed by atoms with Crippen molar-refractivity contribution in [2.45, 2.75) is 37.6 Å². The highest BCUT2D eigenvalue weighted by Crippen LogP contribution is 2.37.